The molecule has 5 nitrogen and oxygen atoms in total. The van der Waals surface area contributed by atoms with Gasteiger partial charge in [-0.15, -0.1) is 0 Å². The van der Waals surface area contributed by atoms with Gasteiger partial charge in [0.05, 0.1) is 7.11 Å². The molecule has 0 aliphatic carbocycles. The van der Waals surface area contributed by atoms with E-state index in [4.69, 9.17) is 10.1 Å². The summed E-state index contributed by atoms with van der Waals surface area (Å²) in [5.41, 5.74) is 3.51. The monoisotopic (exact) mass is 522 g/mol. The van der Waals surface area contributed by atoms with E-state index >= 15 is 0 Å². The van der Waals surface area contributed by atoms with Crippen LogP contribution in [0, 0.1) is 10.8 Å². The molecule has 7 heteroatoms. The first-order valence-electron chi connectivity index (χ1n) is 12.3. The minimum atomic E-state index is -0.517. The summed E-state index contributed by atoms with van der Waals surface area (Å²) >= 11 is 1.36. The van der Waals surface area contributed by atoms with Gasteiger partial charge in [0.2, 0.25) is 0 Å². The number of halogens is 1. The zero-order valence-electron chi connectivity index (χ0n) is 23.0. The summed E-state index contributed by atoms with van der Waals surface area (Å²) < 4.78 is 19.4. The van der Waals surface area contributed by atoms with Crippen LogP contribution >= 0.6 is 11.8 Å². The van der Waals surface area contributed by atoms with Gasteiger partial charge in [-0.25, -0.2) is 4.99 Å². The number of methoxy groups -OCH3 is 1. The van der Waals surface area contributed by atoms with E-state index in [2.05, 4.69) is 54.8 Å². The van der Waals surface area contributed by atoms with E-state index in [9.17, 15) is 4.39 Å². The van der Waals surface area contributed by atoms with Crippen LogP contribution in [0.2, 0.25) is 0 Å². The molecule has 0 spiro atoms. The van der Waals surface area contributed by atoms with Crippen LogP contribution in [0.4, 0.5) is 10.1 Å². The number of nitrogens with one attached hydrogen (secondary N) is 3. The maximum Gasteiger partial charge on any atom is 0.197 e. The quantitative estimate of drug-likeness (QED) is 0.116. The SMILES string of the molecule is C=C(/C=C(\OC)C(C)(C)C)NC(=N)Nc1cccc(SC(/N=C(\C)F)=c2\cc(CC)c(CC)cc2=C)c1. The molecule has 0 saturated carbocycles. The zero-order chi connectivity index (χ0) is 27.8. The molecular formula is C30H39FN4OS. The highest BCUT2D eigenvalue weighted by Gasteiger charge is 2.18. The fourth-order valence-corrected chi connectivity index (χ4v) is 4.76. The van der Waals surface area contributed by atoms with E-state index in [1.165, 1.54) is 29.8 Å². The molecule has 0 fully saturated rings. The molecule has 0 heterocycles. The van der Waals surface area contributed by atoms with Gasteiger partial charge < -0.3 is 15.4 Å². The van der Waals surface area contributed by atoms with Crippen molar-refractivity contribution in [3.8, 4) is 0 Å². The largest absolute Gasteiger partial charge is 0.500 e. The zero-order valence-corrected chi connectivity index (χ0v) is 23.8. The first kappa shape index (κ1) is 29.9. The predicted octanol–water partition coefficient (Wildman–Crippen LogP) is 6.49. The Morgan fingerprint density at radius 3 is 2.38 bits per heavy atom. The molecule has 0 aliphatic rings. The van der Waals surface area contributed by atoms with Crippen LogP contribution in [0.25, 0.3) is 11.6 Å². The topological polar surface area (TPSA) is 69.5 Å². The molecule has 2 aromatic carbocycles. The number of benzene rings is 2. The molecular weight excluding hydrogens is 483 g/mol. The smallest absolute Gasteiger partial charge is 0.197 e. The van der Waals surface area contributed by atoms with E-state index < -0.39 is 5.97 Å². The third kappa shape index (κ3) is 8.93. The third-order valence-electron chi connectivity index (χ3n) is 5.54. The van der Waals surface area contributed by atoms with Crippen molar-refractivity contribution in [3.63, 3.8) is 0 Å². The van der Waals surface area contributed by atoms with Gasteiger partial charge in [0.25, 0.3) is 0 Å². The molecule has 2 rings (SSSR count). The number of thioether (sulfide) groups is 1. The van der Waals surface area contributed by atoms with E-state index in [-0.39, 0.29) is 11.4 Å². The van der Waals surface area contributed by atoms with Gasteiger partial charge >= 0.3 is 0 Å². The Balaban J connectivity index is 2.33. The second-order valence-electron chi connectivity index (χ2n) is 9.64. The lowest BCUT2D eigenvalue weighted by Gasteiger charge is -2.22. The summed E-state index contributed by atoms with van der Waals surface area (Å²) in [6.07, 6.45) is 3.58. The van der Waals surface area contributed by atoms with Crippen LogP contribution in [-0.2, 0) is 17.6 Å². The molecule has 37 heavy (non-hydrogen) atoms. The van der Waals surface area contributed by atoms with E-state index in [0.29, 0.717) is 16.4 Å². The Hall–Kier alpha value is -3.32. The minimum Gasteiger partial charge on any atom is -0.500 e. The maximum absolute atomic E-state index is 14.0. The number of rotatable bonds is 9. The van der Waals surface area contributed by atoms with Crippen molar-refractivity contribution >= 4 is 41.0 Å². The van der Waals surface area contributed by atoms with Crippen LogP contribution in [0.15, 0.2) is 70.4 Å². The number of allylic oxidation sites excluding steroid dienone is 2. The Labute approximate surface area is 224 Å². The highest BCUT2D eigenvalue weighted by atomic mass is 32.2. The predicted molar refractivity (Wildman–Crippen MR) is 158 cm³/mol. The van der Waals surface area contributed by atoms with Gasteiger partial charge in [-0.05, 0) is 59.5 Å². The number of aryl methyl sites for hydroxylation is 2. The first-order chi connectivity index (χ1) is 17.4. The summed E-state index contributed by atoms with van der Waals surface area (Å²) in [6.45, 7) is 19.9. The van der Waals surface area contributed by atoms with Crippen LogP contribution in [-0.4, -0.2) is 19.0 Å². The normalized spacial score (nSPS) is 13.2. The van der Waals surface area contributed by atoms with Crippen LogP contribution in [0.3, 0.4) is 0 Å². The summed E-state index contributed by atoms with van der Waals surface area (Å²) in [4.78, 5) is 5.05. The molecule has 0 unspecified atom stereocenters. The lowest BCUT2D eigenvalue weighted by molar-refractivity contribution is 0.206. The van der Waals surface area contributed by atoms with E-state index in [0.717, 1.165) is 33.9 Å². The van der Waals surface area contributed by atoms with Crippen molar-refractivity contribution in [1.82, 2.24) is 5.32 Å². The number of ether oxygens (including phenoxy) is 1. The lowest BCUT2D eigenvalue weighted by Crippen LogP contribution is -2.28. The molecule has 2 aromatic rings. The van der Waals surface area contributed by atoms with Crippen molar-refractivity contribution < 1.29 is 9.13 Å². The Kier molecular flexibility index (Phi) is 10.7. The number of anilines is 1. The number of guanidine groups is 1. The average Bonchev–Trinajstić information content (AvgIpc) is 2.81. The molecule has 0 aliphatic heterocycles. The lowest BCUT2D eigenvalue weighted by atomic mass is 9.93. The molecule has 0 amide bonds. The van der Waals surface area contributed by atoms with Gasteiger partial charge in [0.15, 0.2) is 11.9 Å². The summed E-state index contributed by atoms with van der Waals surface area (Å²) in [6, 6.07) is 11.7. The standard InChI is InChI=1S/C30H39FN4OS/c1-10-22-15-19(3)26(17-23(22)11-2)28(34-21(5)31)37-25-14-12-13-24(18-25)35-29(32)33-20(4)16-27(36-9)30(6,7)8/h12-18H,3-4,10-11H2,1-2,5-9H3,(H3,32,33,35)/b27-16-,28-26+,34-21+. The Morgan fingerprint density at radius 1 is 1.16 bits per heavy atom. The van der Waals surface area contributed by atoms with Crippen molar-refractivity contribution in [2.75, 3.05) is 12.4 Å². The van der Waals surface area contributed by atoms with Gasteiger partial charge in [-0.3, -0.25) is 5.41 Å². The van der Waals surface area contributed by atoms with Crippen LogP contribution in [0.5, 0.6) is 0 Å². The van der Waals surface area contributed by atoms with Gasteiger partial charge in [-0.1, -0.05) is 71.7 Å². The van der Waals surface area contributed by atoms with Crippen molar-refractivity contribution in [1.29, 1.82) is 5.41 Å². The van der Waals surface area contributed by atoms with Gasteiger partial charge in [-0.2, -0.15) is 4.39 Å². The van der Waals surface area contributed by atoms with E-state index in [1.54, 1.807) is 13.2 Å². The second kappa shape index (κ2) is 13.3. The molecule has 3 N–H and O–H groups in total. The average molecular weight is 523 g/mol. The Morgan fingerprint density at radius 2 is 1.81 bits per heavy atom. The maximum atomic E-state index is 14.0. The third-order valence-corrected chi connectivity index (χ3v) is 6.54. The highest BCUT2D eigenvalue weighted by Crippen LogP contribution is 2.30. The molecule has 0 saturated heterocycles. The fourth-order valence-electron chi connectivity index (χ4n) is 3.74. The number of aliphatic imine (C=N–C) groups is 1. The number of hydrogen-bond donors (Lipinski definition) is 3. The minimum absolute atomic E-state index is 0.0670. The van der Waals surface area contributed by atoms with Crippen LogP contribution in [0.1, 0.15) is 52.7 Å². The van der Waals surface area contributed by atoms with Crippen LogP contribution < -0.4 is 21.1 Å². The fraction of sp³-hybridized carbons (Fsp3) is 0.333. The molecule has 0 radical (unpaired) electrons. The molecule has 0 bridgehead atoms. The van der Waals surface area contributed by atoms with Gasteiger partial charge in [0, 0.05) is 33.8 Å². The summed E-state index contributed by atoms with van der Waals surface area (Å²) in [5, 5.41) is 16.5. The van der Waals surface area contributed by atoms with Crippen molar-refractivity contribution in [2.45, 2.75) is 59.3 Å². The molecule has 0 aromatic heterocycles. The Bertz CT molecular complexity index is 1320. The highest BCUT2D eigenvalue weighted by molar-refractivity contribution is 8.07. The molecule has 198 valence electrons. The van der Waals surface area contributed by atoms with E-state index in [1.807, 2.05) is 45.0 Å². The van der Waals surface area contributed by atoms with Crippen molar-refractivity contribution in [2.24, 2.45) is 10.4 Å². The number of hydrogen-bond acceptors (Lipinski definition) is 4. The first-order valence-corrected chi connectivity index (χ1v) is 13.1. The summed E-state index contributed by atoms with van der Waals surface area (Å²) in [7, 11) is 1.62. The number of nitrogens with zero attached hydrogens (tertiary/aromatic N) is 1. The summed E-state index contributed by atoms with van der Waals surface area (Å²) in [5.74, 6) is 0.306. The molecule has 0 atom stereocenters. The van der Waals surface area contributed by atoms with Crippen molar-refractivity contribution in [3.05, 3.63) is 82.1 Å². The van der Waals surface area contributed by atoms with Gasteiger partial charge in [0.1, 0.15) is 10.8 Å². The second-order valence-corrected chi connectivity index (χ2v) is 10.7.